The van der Waals surface area contributed by atoms with E-state index < -0.39 is 0 Å². The molecule has 0 bridgehead atoms. The van der Waals surface area contributed by atoms with E-state index >= 15 is 0 Å². The van der Waals surface area contributed by atoms with Crippen molar-refractivity contribution in [1.82, 2.24) is 5.32 Å². The van der Waals surface area contributed by atoms with Crippen LogP contribution < -0.4 is 5.32 Å². The molecular formula is C14H15BrN2O2S. The first-order chi connectivity index (χ1) is 9.70. The smallest absolute Gasteiger partial charge is 0.264 e. The van der Waals surface area contributed by atoms with Crippen molar-refractivity contribution in [3.8, 4) is 0 Å². The topological polar surface area (TPSA) is 54.6 Å². The van der Waals surface area contributed by atoms with Gasteiger partial charge in [-0.05, 0) is 46.6 Å². The van der Waals surface area contributed by atoms with Gasteiger partial charge in [-0.3, -0.25) is 9.79 Å². The Hall–Kier alpha value is -1.01. The fourth-order valence-electron chi connectivity index (χ4n) is 2.40. The molecule has 1 aromatic rings. The Labute approximate surface area is 130 Å². The first kappa shape index (κ1) is 13.9. The van der Waals surface area contributed by atoms with Crippen LogP contribution in [-0.2, 0) is 4.79 Å². The maximum absolute atomic E-state index is 11.9. The molecule has 0 unspecified atom stereocenters. The Morgan fingerprint density at radius 3 is 2.90 bits per heavy atom. The lowest BCUT2D eigenvalue weighted by Crippen LogP contribution is -2.22. The molecule has 106 valence electrons. The molecule has 0 aromatic carbocycles. The van der Waals surface area contributed by atoms with Crippen molar-refractivity contribution in [3.63, 3.8) is 0 Å². The average Bonchev–Trinajstić information content (AvgIpc) is 2.98. The van der Waals surface area contributed by atoms with Gasteiger partial charge in [-0.15, -0.1) is 0 Å². The normalized spacial score (nSPS) is 24.6. The second kappa shape index (κ2) is 6.18. The van der Waals surface area contributed by atoms with Gasteiger partial charge in [-0.25, -0.2) is 0 Å². The summed E-state index contributed by atoms with van der Waals surface area (Å²) < 4.78 is 6.17. The van der Waals surface area contributed by atoms with Crippen LogP contribution in [0.1, 0.15) is 37.9 Å². The summed E-state index contributed by atoms with van der Waals surface area (Å²) in [6.45, 7) is 0. The monoisotopic (exact) mass is 354 g/mol. The molecule has 1 aromatic heterocycles. The van der Waals surface area contributed by atoms with E-state index in [1.165, 1.54) is 31.0 Å². The summed E-state index contributed by atoms with van der Waals surface area (Å²) >= 11 is 4.71. The number of aliphatic imine (C=N–C) groups is 1. The predicted octanol–water partition coefficient (Wildman–Crippen LogP) is 3.93. The van der Waals surface area contributed by atoms with E-state index in [0.29, 0.717) is 16.7 Å². The molecule has 2 heterocycles. The van der Waals surface area contributed by atoms with E-state index in [2.05, 4.69) is 26.2 Å². The molecule has 1 N–H and O–H groups in total. The van der Waals surface area contributed by atoms with Gasteiger partial charge in [0.2, 0.25) is 0 Å². The molecule has 2 fully saturated rings. The van der Waals surface area contributed by atoms with Crippen LogP contribution in [0.4, 0.5) is 0 Å². The fraction of sp³-hybridized carbons (Fsp3) is 0.429. The zero-order valence-electron chi connectivity index (χ0n) is 10.9. The first-order valence-electron chi connectivity index (χ1n) is 6.73. The summed E-state index contributed by atoms with van der Waals surface area (Å²) in [5.74, 6) is 0.561. The van der Waals surface area contributed by atoms with Crippen molar-refractivity contribution in [3.05, 3.63) is 27.5 Å². The fourth-order valence-corrected chi connectivity index (χ4v) is 3.59. The lowest BCUT2D eigenvalue weighted by Gasteiger charge is -2.17. The highest BCUT2D eigenvalue weighted by molar-refractivity contribution is 9.10. The van der Waals surface area contributed by atoms with Gasteiger partial charge >= 0.3 is 0 Å². The van der Waals surface area contributed by atoms with Crippen LogP contribution in [0, 0.1) is 0 Å². The van der Waals surface area contributed by atoms with Crippen molar-refractivity contribution in [2.45, 2.75) is 38.1 Å². The molecule has 2 aliphatic rings. The molecule has 0 spiro atoms. The highest BCUT2D eigenvalue weighted by Gasteiger charge is 2.25. The van der Waals surface area contributed by atoms with E-state index in [0.717, 1.165) is 22.5 Å². The highest BCUT2D eigenvalue weighted by atomic mass is 79.9. The van der Waals surface area contributed by atoms with Crippen LogP contribution >= 0.6 is 27.7 Å². The van der Waals surface area contributed by atoms with Gasteiger partial charge in [0.05, 0.1) is 15.4 Å². The van der Waals surface area contributed by atoms with Gasteiger partial charge in [0.25, 0.3) is 5.91 Å². The largest absolute Gasteiger partial charge is 0.464 e. The molecule has 4 nitrogen and oxygen atoms in total. The molecule has 1 saturated heterocycles. The van der Waals surface area contributed by atoms with Crippen molar-refractivity contribution in [2.24, 2.45) is 4.99 Å². The van der Waals surface area contributed by atoms with Crippen LogP contribution in [0.2, 0.25) is 0 Å². The third-order valence-corrected chi connectivity index (χ3v) is 4.73. The van der Waals surface area contributed by atoms with Crippen LogP contribution in [0.15, 0.2) is 31.1 Å². The number of carbonyl (C=O) groups excluding carboxylic acids is 1. The molecule has 1 saturated carbocycles. The van der Waals surface area contributed by atoms with Gasteiger partial charge in [0, 0.05) is 6.08 Å². The quantitative estimate of drug-likeness (QED) is 0.818. The van der Waals surface area contributed by atoms with E-state index in [9.17, 15) is 4.79 Å². The minimum absolute atomic E-state index is 0.0999. The van der Waals surface area contributed by atoms with E-state index in [1.54, 1.807) is 12.3 Å². The molecule has 6 heteroatoms. The molecule has 1 amide bonds. The number of hydrogen-bond acceptors (Lipinski definition) is 4. The minimum atomic E-state index is -0.0999. The third kappa shape index (κ3) is 3.35. The Balaban J connectivity index is 1.71. The summed E-state index contributed by atoms with van der Waals surface area (Å²) in [4.78, 5) is 17.2. The standard InChI is InChI=1S/C14H15BrN2O2S/c15-9-6-11(19-8-9)7-12-13(18)17-14(20-12)16-10-4-2-1-3-5-10/h6-8,10H,1-5H2,(H,16,17,18). The van der Waals surface area contributed by atoms with Gasteiger partial charge < -0.3 is 9.73 Å². The number of amidine groups is 1. The SMILES string of the molecule is O=C1NC(=NC2CCCCC2)SC1=Cc1cc(Br)co1. The number of hydrogen-bond donors (Lipinski definition) is 1. The number of nitrogens with zero attached hydrogens (tertiary/aromatic N) is 1. The minimum Gasteiger partial charge on any atom is -0.464 e. The van der Waals surface area contributed by atoms with Crippen LogP contribution in [-0.4, -0.2) is 17.1 Å². The third-order valence-electron chi connectivity index (χ3n) is 3.39. The molecule has 20 heavy (non-hydrogen) atoms. The molecular weight excluding hydrogens is 340 g/mol. The van der Waals surface area contributed by atoms with E-state index in [4.69, 9.17) is 4.42 Å². The first-order valence-corrected chi connectivity index (χ1v) is 8.34. The van der Waals surface area contributed by atoms with Crippen molar-refractivity contribution in [1.29, 1.82) is 0 Å². The Morgan fingerprint density at radius 1 is 1.40 bits per heavy atom. The maximum Gasteiger partial charge on any atom is 0.264 e. The number of furan rings is 1. The Bertz CT molecular complexity index is 573. The number of carbonyl (C=O) groups is 1. The Kier molecular flexibility index (Phi) is 4.31. The zero-order chi connectivity index (χ0) is 13.9. The van der Waals surface area contributed by atoms with Crippen LogP contribution in [0.25, 0.3) is 6.08 Å². The van der Waals surface area contributed by atoms with Gasteiger partial charge in [0.1, 0.15) is 12.0 Å². The van der Waals surface area contributed by atoms with Crippen molar-refractivity contribution in [2.75, 3.05) is 0 Å². The molecule has 1 aliphatic carbocycles. The zero-order valence-corrected chi connectivity index (χ0v) is 13.3. The van der Waals surface area contributed by atoms with Gasteiger partial charge in [0.15, 0.2) is 5.17 Å². The second-order valence-electron chi connectivity index (χ2n) is 4.96. The summed E-state index contributed by atoms with van der Waals surface area (Å²) in [6, 6.07) is 2.19. The average molecular weight is 355 g/mol. The summed E-state index contributed by atoms with van der Waals surface area (Å²) in [5, 5.41) is 3.55. The number of halogens is 1. The summed E-state index contributed by atoms with van der Waals surface area (Å²) in [6.07, 6.45) is 9.38. The lowest BCUT2D eigenvalue weighted by molar-refractivity contribution is -0.115. The van der Waals surface area contributed by atoms with Gasteiger partial charge in [-0.1, -0.05) is 19.3 Å². The van der Waals surface area contributed by atoms with Crippen LogP contribution in [0.3, 0.4) is 0 Å². The molecule has 1 aliphatic heterocycles. The van der Waals surface area contributed by atoms with E-state index in [-0.39, 0.29) is 5.91 Å². The van der Waals surface area contributed by atoms with Crippen molar-refractivity contribution >= 4 is 44.8 Å². The number of thioether (sulfide) groups is 1. The Morgan fingerprint density at radius 2 is 2.20 bits per heavy atom. The van der Waals surface area contributed by atoms with Gasteiger partial charge in [-0.2, -0.15) is 0 Å². The van der Waals surface area contributed by atoms with Crippen LogP contribution in [0.5, 0.6) is 0 Å². The predicted molar refractivity (Wildman–Crippen MR) is 84.4 cm³/mol. The van der Waals surface area contributed by atoms with Crippen molar-refractivity contribution < 1.29 is 9.21 Å². The van der Waals surface area contributed by atoms with E-state index in [1.807, 2.05) is 6.07 Å². The molecule has 0 atom stereocenters. The second-order valence-corrected chi connectivity index (χ2v) is 6.90. The highest BCUT2D eigenvalue weighted by Crippen LogP contribution is 2.29. The summed E-state index contributed by atoms with van der Waals surface area (Å²) in [5.41, 5.74) is 0. The lowest BCUT2D eigenvalue weighted by atomic mass is 9.96. The molecule has 3 rings (SSSR count). The maximum atomic E-state index is 11.9. The number of amides is 1. The number of rotatable bonds is 2. The summed E-state index contributed by atoms with van der Waals surface area (Å²) in [7, 11) is 0. The number of nitrogens with one attached hydrogen (secondary N) is 1. The molecule has 0 radical (unpaired) electrons.